The molecule has 0 aliphatic rings. The average molecular weight is 272 g/mol. The molecule has 4 N–H and O–H groups in total. The lowest BCUT2D eigenvalue weighted by Gasteiger charge is -2.02. The first-order valence-electron chi connectivity index (χ1n) is 5.74. The summed E-state index contributed by atoms with van der Waals surface area (Å²) in [5.41, 5.74) is 0.207. The molecule has 0 unspecified atom stereocenters. The lowest BCUT2D eigenvalue weighted by atomic mass is 10.1. The van der Waals surface area contributed by atoms with E-state index in [1.165, 1.54) is 36.4 Å². The van der Waals surface area contributed by atoms with Gasteiger partial charge in [-0.2, -0.15) is 0 Å². The molecule has 5 nitrogen and oxygen atoms in total. The summed E-state index contributed by atoms with van der Waals surface area (Å²) in [6.45, 7) is 0. The molecule has 0 radical (unpaired) electrons. The zero-order valence-electron chi connectivity index (χ0n) is 10.3. The molecule has 2 rings (SSSR count). The molecule has 2 aromatic rings. The SMILES string of the molecule is O=C(C=Cc1cc(O)ccc1O)c1cc(O)ccc1O. The van der Waals surface area contributed by atoms with Crippen molar-refractivity contribution in [2.24, 2.45) is 0 Å². The Bertz CT molecular complexity index is 689. The van der Waals surface area contributed by atoms with Crippen molar-refractivity contribution >= 4 is 11.9 Å². The molecule has 0 fully saturated rings. The van der Waals surface area contributed by atoms with Crippen molar-refractivity contribution in [3.05, 3.63) is 53.6 Å². The zero-order chi connectivity index (χ0) is 14.7. The Morgan fingerprint density at radius 3 is 2.15 bits per heavy atom. The molecule has 0 saturated heterocycles. The highest BCUT2D eigenvalue weighted by atomic mass is 16.3. The normalized spacial score (nSPS) is 10.8. The highest BCUT2D eigenvalue weighted by molar-refractivity contribution is 6.08. The van der Waals surface area contributed by atoms with Gasteiger partial charge < -0.3 is 20.4 Å². The molecule has 5 heteroatoms. The summed E-state index contributed by atoms with van der Waals surface area (Å²) in [4.78, 5) is 11.9. The van der Waals surface area contributed by atoms with Gasteiger partial charge in [0.1, 0.15) is 23.0 Å². The van der Waals surface area contributed by atoms with Gasteiger partial charge in [-0.1, -0.05) is 0 Å². The summed E-state index contributed by atoms with van der Waals surface area (Å²) >= 11 is 0. The molecule has 0 amide bonds. The summed E-state index contributed by atoms with van der Waals surface area (Å²) in [6, 6.07) is 7.52. The van der Waals surface area contributed by atoms with E-state index in [1.807, 2.05) is 0 Å². The molecule has 0 aliphatic carbocycles. The maximum atomic E-state index is 11.9. The van der Waals surface area contributed by atoms with Crippen LogP contribution in [0, 0.1) is 0 Å². The van der Waals surface area contributed by atoms with Gasteiger partial charge in [0, 0.05) is 5.56 Å². The maximum Gasteiger partial charge on any atom is 0.189 e. The van der Waals surface area contributed by atoms with Crippen molar-refractivity contribution in [1.82, 2.24) is 0 Å². The number of hydrogen-bond donors (Lipinski definition) is 4. The van der Waals surface area contributed by atoms with E-state index in [0.29, 0.717) is 0 Å². The van der Waals surface area contributed by atoms with Crippen LogP contribution in [-0.4, -0.2) is 26.2 Å². The fourth-order valence-electron chi connectivity index (χ4n) is 1.65. The van der Waals surface area contributed by atoms with Crippen LogP contribution >= 0.6 is 0 Å². The van der Waals surface area contributed by atoms with Crippen molar-refractivity contribution in [3.8, 4) is 23.0 Å². The minimum atomic E-state index is -0.541. The van der Waals surface area contributed by atoms with Gasteiger partial charge in [0.25, 0.3) is 0 Å². The molecule has 0 heterocycles. The van der Waals surface area contributed by atoms with Gasteiger partial charge in [0.15, 0.2) is 5.78 Å². The van der Waals surface area contributed by atoms with E-state index in [-0.39, 0.29) is 34.1 Å². The first kappa shape index (κ1) is 13.5. The van der Waals surface area contributed by atoms with Gasteiger partial charge in [-0.15, -0.1) is 0 Å². The monoisotopic (exact) mass is 272 g/mol. The molecular formula is C15H12O5. The second-order valence-electron chi connectivity index (χ2n) is 4.14. The summed E-state index contributed by atoms with van der Waals surface area (Å²) in [5, 5.41) is 37.7. The number of benzene rings is 2. The molecule has 0 aromatic heterocycles. The molecule has 0 bridgehead atoms. The van der Waals surface area contributed by atoms with Crippen LogP contribution in [0.5, 0.6) is 23.0 Å². The second kappa shape index (κ2) is 5.36. The van der Waals surface area contributed by atoms with E-state index < -0.39 is 5.78 Å². The number of ketones is 1. The highest BCUT2D eigenvalue weighted by Gasteiger charge is 2.09. The first-order chi connectivity index (χ1) is 9.47. The van der Waals surface area contributed by atoms with Gasteiger partial charge in [-0.3, -0.25) is 4.79 Å². The van der Waals surface area contributed by atoms with Gasteiger partial charge in [0.05, 0.1) is 5.56 Å². The van der Waals surface area contributed by atoms with Crippen molar-refractivity contribution < 1.29 is 25.2 Å². The van der Waals surface area contributed by atoms with Gasteiger partial charge in [0.2, 0.25) is 0 Å². The Hall–Kier alpha value is -2.95. The Labute approximate surface area is 114 Å². The van der Waals surface area contributed by atoms with Crippen LogP contribution in [0.3, 0.4) is 0 Å². The zero-order valence-corrected chi connectivity index (χ0v) is 10.3. The predicted octanol–water partition coefficient (Wildman–Crippen LogP) is 2.41. The second-order valence-corrected chi connectivity index (χ2v) is 4.14. The molecule has 20 heavy (non-hydrogen) atoms. The van der Waals surface area contributed by atoms with E-state index in [2.05, 4.69) is 0 Å². The Morgan fingerprint density at radius 1 is 0.850 bits per heavy atom. The van der Waals surface area contributed by atoms with E-state index in [4.69, 9.17) is 0 Å². The van der Waals surface area contributed by atoms with Crippen LogP contribution in [0.4, 0.5) is 0 Å². The fraction of sp³-hybridized carbons (Fsp3) is 0. The topological polar surface area (TPSA) is 98.0 Å². The standard InChI is InChI=1S/C15H12O5/c16-10-2-5-13(18)9(7-10)1-4-14(19)12-8-11(17)3-6-15(12)20/h1-8,16-18,20H. The molecule has 2 aromatic carbocycles. The van der Waals surface area contributed by atoms with Crippen LogP contribution in [0.2, 0.25) is 0 Å². The molecule has 102 valence electrons. The highest BCUT2D eigenvalue weighted by Crippen LogP contribution is 2.25. The van der Waals surface area contributed by atoms with Crippen molar-refractivity contribution in [2.45, 2.75) is 0 Å². The Balaban J connectivity index is 2.29. The summed E-state index contributed by atoms with van der Waals surface area (Å²) in [6.07, 6.45) is 2.43. The fourth-order valence-corrected chi connectivity index (χ4v) is 1.65. The minimum Gasteiger partial charge on any atom is -0.508 e. The van der Waals surface area contributed by atoms with Gasteiger partial charge in [-0.05, 0) is 48.6 Å². The van der Waals surface area contributed by atoms with Crippen molar-refractivity contribution in [1.29, 1.82) is 0 Å². The van der Waals surface area contributed by atoms with E-state index in [0.717, 1.165) is 12.1 Å². The third-order valence-electron chi connectivity index (χ3n) is 2.67. The first-order valence-corrected chi connectivity index (χ1v) is 5.74. The van der Waals surface area contributed by atoms with Crippen molar-refractivity contribution in [2.75, 3.05) is 0 Å². The van der Waals surface area contributed by atoms with Crippen LogP contribution in [0.15, 0.2) is 42.5 Å². The average Bonchev–Trinajstić information content (AvgIpc) is 2.42. The lowest BCUT2D eigenvalue weighted by molar-refractivity contribution is 0.104. The number of phenols is 4. The van der Waals surface area contributed by atoms with Gasteiger partial charge >= 0.3 is 0 Å². The molecular weight excluding hydrogens is 260 g/mol. The summed E-state index contributed by atoms with van der Waals surface area (Å²) < 4.78 is 0. The van der Waals surface area contributed by atoms with Crippen LogP contribution in [-0.2, 0) is 0 Å². The molecule has 0 aliphatic heterocycles. The number of carbonyl (C=O) groups is 1. The van der Waals surface area contributed by atoms with Crippen LogP contribution in [0.1, 0.15) is 15.9 Å². The third kappa shape index (κ3) is 2.89. The Morgan fingerprint density at radius 2 is 1.45 bits per heavy atom. The van der Waals surface area contributed by atoms with Crippen LogP contribution in [0.25, 0.3) is 6.08 Å². The summed E-state index contributed by atoms with van der Waals surface area (Å²) in [7, 11) is 0. The molecule has 0 saturated carbocycles. The minimum absolute atomic E-state index is 0.0462. The van der Waals surface area contributed by atoms with E-state index >= 15 is 0 Å². The number of allylic oxidation sites excluding steroid dienone is 1. The van der Waals surface area contributed by atoms with E-state index in [1.54, 1.807) is 0 Å². The smallest absolute Gasteiger partial charge is 0.189 e. The lowest BCUT2D eigenvalue weighted by Crippen LogP contribution is -1.94. The number of aromatic hydroxyl groups is 4. The number of rotatable bonds is 3. The number of phenolic OH excluding ortho intramolecular Hbond substituents is 4. The van der Waals surface area contributed by atoms with Crippen molar-refractivity contribution in [3.63, 3.8) is 0 Å². The summed E-state index contributed by atoms with van der Waals surface area (Å²) in [5.74, 6) is -1.07. The largest absolute Gasteiger partial charge is 0.508 e. The maximum absolute atomic E-state index is 11.9. The van der Waals surface area contributed by atoms with E-state index in [9.17, 15) is 25.2 Å². The number of hydrogen-bond acceptors (Lipinski definition) is 5. The quantitative estimate of drug-likeness (QED) is 0.391. The van der Waals surface area contributed by atoms with Crippen LogP contribution < -0.4 is 0 Å². The Kier molecular flexibility index (Phi) is 3.61. The third-order valence-corrected chi connectivity index (χ3v) is 2.67. The molecule has 0 atom stereocenters. The number of carbonyl (C=O) groups excluding carboxylic acids is 1. The molecule has 0 spiro atoms. The van der Waals surface area contributed by atoms with Gasteiger partial charge in [-0.25, -0.2) is 0 Å². The predicted molar refractivity (Wildman–Crippen MR) is 72.9 cm³/mol.